The highest BCUT2D eigenvalue weighted by molar-refractivity contribution is 5.95. The molecule has 1 aliphatic rings. The average molecular weight is 366 g/mol. The Kier molecular flexibility index (Phi) is 6.24. The minimum atomic E-state index is -0.266. The Bertz CT molecular complexity index is 774. The highest BCUT2D eigenvalue weighted by Gasteiger charge is 2.40. The molecule has 0 saturated carbocycles. The fraction of sp³-hybridized carbons (Fsp3) is 0.364. The van der Waals surface area contributed by atoms with E-state index < -0.39 is 0 Å². The first-order chi connectivity index (χ1) is 13.1. The molecule has 5 heteroatoms. The molecule has 27 heavy (non-hydrogen) atoms. The summed E-state index contributed by atoms with van der Waals surface area (Å²) in [7, 11) is 1.61. The van der Waals surface area contributed by atoms with Gasteiger partial charge in [-0.05, 0) is 24.6 Å². The van der Waals surface area contributed by atoms with E-state index in [0.29, 0.717) is 31.8 Å². The summed E-state index contributed by atoms with van der Waals surface area (Å²) in [6, 6.07) is 17.5. The fourth-order valence-corrected chi connectivity index (χ4v) is 3.56. The molecule has 2 aromatic carbocycles. The third-order valence-electron chi connectivity index (χ3n) is 5.08. The number of nitrogens with zero attached hydrogens (tertiary/aromatic N) is 1. The predicted molar refractivity (Wildman–Crippen MR) is 105 cm³/mol. The van der Waals surface area contributed by atoms with Crippen LogP contribution in [0.3, 0.4) is 0 Å². The van der Waals surface area contributed by atoms with Crippen molar-refractivity contribution in [3.05, 3.63) is 71.3 Å². The SMILES string of the molecule is COCCNC(=O)[C@H]1CN(C(=O)c2ccccc2)C[C@H]1c1ccc(C)cc1. The van der Waals surface area contributed by atoms with Crippen molar-refractivity contribution in [1.82, 2.24) is 10.2 Å². The molecule has 1 saturated heterocycles. The van der Waals surface area contributed by atoms with Gasteiger partial charge in [-0.25, -0.2) is 0 Å². The number of ether oxygens (including phenoxy) is 1. The molecular formula is C22H26N2O3. The van der Waals surface area contributed by atoms with Crippen LogP contribution in [0.4, 0.5) is 0 Å². The number of hydrogen-bond donors (Lipinski definition) is 1. The van der Waals surface area contributed by atoms with E-state index in [4.69, 9.17) is 4.74 Å². The number of amides is 2. The van der Waals surface area contributed by atoms with Gasteiger partial charge in [0.1, 0.15) is 0 Å². The Labute approximate surface area is 160 Å². The van der Waals surface area contributed by atoms with E-state index >= 15 is 0 Å². The first kappa shape index (κ1) is 19.1. The zero-order valence-electron chi connectivity index (χ0n) is 15.9. The van der Waals surface area contributed by atoms with Crippen LogP contribution in [0.15, 0.2) is 54.6 Å². The van der Waals surface area contributed by atoms with Gasteiger partial charge in [0.15, 0.2) is 0 Å². The molecular weight excluding hydrogens is 340 g/mol. The van der Waals surface area contributed by atoms with Gasteiger partial charge < -0.3 is 15.0 Å². The first-order valence-corrected chi connectivity index (χ1v) is 9.27. The first-order valence-electron chi connectivity index (χ1n) is 9.27. The summed E-state index contributed by atoms with van der Waals surface area (Å²) in [5, 5.41) is 2.93. The van der Waals surface area contributed by atoms with E-state index in [9.17, 15) is 9.59 Å². The van der Waals surface area contributed by atoms with Crippen LogP contribution in [0.1, 0.15) is 27.4 Å². The number of hydrogen-bond acceptors (Lipinski definition) is 3. The molecule has 2 aromatic rings. The summed E-state index contributed by atoms with van der Waals surface area (Å²) in [5.74, 6) is -0.334. The number of methoxy groups -OCH3 is 1. The molecule has 2 amide bonds. The van der Waals surface area contributed by atoms with Gasteiger partial charge in [-0.2, -0.15) is 0 Å². The molecule has 2 atom stereocenters. The highest BCUT2D eigenvalue weighted by atomic mass is 16.5. The van der Waals surface area contributed by atoms with Gasteiger partial charge in [0.25, 0.3) is 5.91 Å². The van der Waals surface area contributed by atoms with Crippen molar-refractivity contribution in [2.24, 2.45) is 5.92 Å². The average Bonchev–Trinajstić information content (AvgIpc) is 3.14. The van der Waals surface area contributed by atoms with Gasteiger partial charge >= 0.3 is 0 Å². The van der Waals surface area contributed by atoms with Crippen molar-refractivity contribution < 1.29 is 14.3 Å². The van der Waals surface area contributed by atoms with Crippen LogP contribution >= 0.6 is 0 Å². The highest BCUT2D eigenvalue weighted by Crippen LogP contribution is 2.34. The summed E-state index contributed by atoms with van der Waals surface area (Å²) in [5.41, 5.74) is 2.92. The van der Waals surface area contributed by atoms with Crippen molar-refractivity contribution in [3.8, 4) is 0 Å². The Morgan fingerprint density at radius 2 is 1.78 bits per heavy atom. The summed E-state index contributed by atoms with van der Waals surface area (Å²) >= 11 is 0. The molecule has 0 aliphatic carbocycles. The lowest BCUT2D eigenvalue weighted by Crippen LogP contribution is -2.37. The second-order valence-corrected chi connectivity index (χ2v) is 6.98. The zero-order chi connectivity index (χ0) is 19.2. The van der Waals surface area contributed by atoms with Crippen molar-refractivity contribution in [2.75, 3.05) is 33.4 Å². The maximum atomic E-state index is 12.9. The van der Waals surface area contributed by atoms with Gasteiger partial charge in [-0.1, -0.05) is 48.0 Å². The molecule has 1 N–H and O–H groups in total. The monoisotopic (exact) mass is 366 g/mol. The van der Waals surface area contributed by atoms with Gasteiger partial charge in [0.2, 0.25) is 5.91 Å². The molecule has 1 heterocycles. The molecule has 5 nitrogen and oxygen atoms in total. The smallest absolute Gasteiger partial charge is 0.253 e. The number of aryl methyl sites for hydroxylation is 1. The molecule has 0 aromatic heterocycles. The largest absolute Gasteiger partial charge is 0.383 e. The minimum Gasteiger partial charge on any atom is -0.383 e. The fourth-order valence-electron chi connectivity index (χ4n) is 3.56. The van der Waals surface area contributed by atoms with Crippen molar-refractivity contribution in [2.45, 2.75) is 12.8 Å². The topological polar surface area (TPSA) is 58.6 Å². The normalized spacial score (nSPS) is 19.1. The van der Waals surface area contributed by atoms with Crippen LogP contribution in [-0.2, 0) is 9.53 Å². The van der Waals surface area contributed by atoms with Gasteiger partial charge in [-0.3, -0.25) is 9.59 Å². The van der Waals surface area contributed by atoms with E-state index in [1.807, 2.05) is 37.3 Å². The molecule has 0 spiro atoms. The number of likely N-dealkylation sites (tertiary alicyclic amines) is 1. The molecule has 142 valence electrons. The maximum Gasteiger partial charge on any atom is 0.253 e. The standard InChI is InChI=1S/C22H26N2O3/c1-16-8-10-17(11-9-16)19-14-24(22(26)18-6-4-3-5-7-18)15-20(19)21(25)23-12-13-27-2/h3-11,19-20H,12-15H2,1-2H3,(H,23,25)/t19-,20-/m0/s1. The van der Waals surface area contributed by atoms with Crippen molar-refractivity contribution >= 4 is 11.8 Å². The molecule has 0 bridgehead atoms. The summed E-state index contributed by atoms with van der Waals surface area (Å²) in [6.45, 7) is 3.95. The predicted octanol–water partition coefficient (Wildman–Crippen LogP) is 2.61. The van der Waals surface area contributed by atoms with Gasteiger partial charge in [0.05, 0.1) is 12.5 Å². The van der Waals surface area contributed by atoms with Crippen LogP contribution in [-0.4, -0.2) is 50.1 Å². The lowest BCUT2D eigenvalue weighted by Gasteiger charge is -2.18. The maximum absolute atomic E-state index is 12.9. The Balaban J connectivity index is 1.80. The second-order valence-electron chi connectivity index (χ2n) is 6.98. The third kappa shape index (κ3) is 4.55. The van der Waals surface area contributed by atoms with Crippen LogP contribution in [0, 0.1) is 12.8 Å². The van der Waals surface area contributed by atoms with E-state index in [-0.39, 0.29) is 23.7 Å². The molecule has 0 radical (unpaired) electrons. The lowest BCUT2D eigenvalue weighted by atomic mass is 9.88. The number of carbonyl (C=O) groups excluding carboxylic acids is 2. The number of benzene rings is 2. The number of nitrogens with one attached hydrogen (secondary N) is 1. The van der Waals surface area contributed by atoms with E-state index in [1.54, 1.807) is 12.0 Å². The quantitative estimate of drug-likeness (QED) is 0.800. The van der Waals surface area contributed by atoms with Crippen molar-refractivity contribution in [1.29, 1.82) is 0 Å². The Hall–Kier alpha value is -2.66. The molecule has 0 unspecified atom stereocenters. The second kappa shape index (κ2) is 8.82. The minimum absolute atomic E-state index is 0.0131. The number of carbonyl (C=O) groups is 2. The Morgan fingerprint density at radius 1 is 1.07 bits per heavy atom. The summed E-state index contributed by atoms with van der Waals surface area (Å²) in [6.07, 6.45) is 0. The molecule has 3 rings (SSSR count). The summed E-state index contributed by atoms with van der Waals surface area (Å²) in [4.78, 5) is 27.4. The summed E-state index contributed by atoms with van der Waals surface area (Å²) < 4.78 is 5.02. The lowest BCUT2D eigenvalue weighted by molar-refractivity contribution is -0.125. The van der Waals surface area contributed by atoms with Gasteiger partial charge in [-0.15, -0.1) is 0 Å². The zero-order valence-corrected chi connectivity index (χ0v) is 15.9. The molecule has 1 aliphatic heterocycles. The van der Waals surface area contributed by atoms with Crippen LogP contribution in [0.5, 0.6) is 0 Å². The number of rotatable bonds is 6. The van der Waals surface area contributed by atoms with Gasteiger partial charge in [0, 0.05) is 38.2 Å². The molecule has 1 fully saturated rings. The van der Waals surface area contributed by atoms with Crippen LogP contribution in [0.2, 0.25) is 0 Å². The van der Waals surface area contributed by atoms with Crippen LogP contribution in [0.25, 0.3) is 0 Å². The van der Waals surface area contributed by atoms with E-state index in [0.717, 1.165) is 5.56 Å². The van der Waals surface area contributed by atoms with Crippen molar-refractivity contribution in [3.63, 3.8) is 0 Å². The van der Waals surface area contributed by atoms with E-state index in [2.05, 4.69) is 29.6 Å². The Morgan fingerprint density at radius 3 is 2.44 bits per heavy atom. The third-order valence-corrected chi connectivity index (χ3v) is 5.08. The van der Waals surface area contributed by atoms with E-state index in [1.165, 1.54) is 5.56 Å². The van der Waals surface area contributed by atoms with Crippen LogP contribution < -0.4 is 5.32 Å².